The van der Waals surface area contributed by atoms with Gasteiger partial charge in [-0.2, -0.15) is 0 Å². The van der Waals surface area contributed by atoms with Gasteiger partial charge in [0.1, 0.15) is 0 Å². The minimum atomic E-state index is 1.17. The van der Waals surface area contributed by atoms with Crippen LogP contribution in [0.4, 0.5) is 0 Å². The summed E-state index contributed by atoms with van der Waals surface area (Å²) in [5, 5.41) is 2.54. The molecule has 0 amide bonds. The lowest BCUT2D eigenvalue weighted by molar-refractivity contribution is 1.18. The lowest BCUT2D eigenvalue weighted by atomic mass is 9.98. The van der Waals surface area contributed by atoms with E-state index in [1.54, 1.807) is 0 Å². The third kappa shape index (κ3) is 3.82. The van der Waals surface area contributed by atoms with Crippen molar-refractivity contribution in [3.05, 3.63) is 152 Å². The Morgan fingerprint density at radius 3 is 1.51 bits per heavy atom. The van der Waals surface area contributed by atoms with Gasteiger partial charge in [0.05, 0.1) is 11.0 Å². The van der Waals surface area contributed by atoms with Crippen LogP contribution >= 0.6 is 0 Å². The van der Waals surface area contributed by atoms with Crippen LogP contribution in [0, 0.1) is 0 Å². The van der Waals surface area contributed by atoms with E-state index in [0.29, 0.717) is 0 Å². The van der Waals surface area contributed by atoms with Gasteiger partial charge in [-0.25, -0.2) is 0 Å². The van der Waals surface area contributed by atoms with Gasteiger partial charge in [0, 0.05) is 16.5 Å². The number of fused-ring (bicyclic) bond motifs is 3. The maximum atomic E-state index is 2.39. The van der Waals surface area contributed by atoms with E-state index in [4.69, 9.17) is 0 Å². The molecule has 0 saturated carbocycles. The van der Waals surface area contributed by atoms with Gasteiger partial charge in [-0.1, -0.05) is 121 Å². The van der Waals surface area contributed by atoms with E-state index in [0.717, 1.165) is 0 Å². The predicted molar refractivity (Wildman–Crippen MR) is 157 cm³/mol. The van der Waals surface area contributed by atoms with Gasteiger partial charge < -0.3 is 4.57 Å². The van der Waals surface area contributed by atoms with Gasteiger partial charge in [0.2, 0.25) is 0 Å². The molecule has 0 spiro atoms. The van der Waals surface area contributed by atoms with Crippen LogP contribution < -0.4 is 0 Å². The normalized spacial score (nSPS) is 11.2. The van der Waals surface area contributed by atoms with Crippen LogP contribution in [0.1, 0.15) is 0 Å². The highest BCUT2D eigenvalue weighted by atomic mass is 15.0. The Kier molecular flexibility index (Phi) is 5.19. The summed E-state index contributed by atoms with van der Waals surface area (Å²) in [6.45, 7) is 0. The van der Waals surface area contributed by atoms with E-state index in [1.165, 1.54) is 60.9 Å². The van der Waals surface area contributed by atoms with E-state index in [9.17, 15) is 0 Å². The first-order valence-corrected chi connectivity index (χ1v) is 12.7. The molecule has 0 N–H and O–H groups in total. The fourth-order valence-corrected chi connectivity index (χ4v) is 5.37. The summed E-state index contributed by atoms with van der Waals surface area (Å²) in [7, 11) is 0. The largest absolute Gasteiger partial charge is 0.309 e. The highest BCUT2D eigenvalue weighted by Crippen LogP contribution is 2.36. The van der Waals surface area contributed by atoms with Crippen molar-refractivity contribution in [2.75, 3.05) is 0 Å². The molecule has 0 atom stereocenters. The molecule has 1 heteroatoms. The number of benzene rings is 6. The molecule has 0 unspecified atom stereocenters. The van der Waals surface area contributed by atoms with E-state index in [-0.39, 0.29) is 0 Å². The van der Waals surface area contributed by atoms with E-state index in [1.807, 2.05) is 0 Å². The molecule has 6 aromatic carbocycles. The molecule has 7 aromatic rings. The lowest BCUT2D eigenvalue weighted by Gasteiger charge is -2.11. The molecule has 0 aliphatic rings. The van der Waals surface area contributed by atoms with Crippen LogP contribution in [0.15, 0.2) is 152 Å². The Balaban J connectivity index is 1.39. The molecule has 174 valence electrons. The maximum Gasteiger partial charge on any atom is 0.0547 e. The highest BCUT2D eigenvalue weighted by Gasteiger charge is 2.13. The Labute approximate surface area is 216 Å². The molecule has 0 aliphatic carbocycles. The smallest absolute Gasteiger partial charge is 0.0547 e. The summed E-state index contributed by atoms with van der Waals surface area (Å²) in [5.74, 6) is 0. The molecule has 0 fully saturated rings. The van der Waals surface area contributed by atoms with E-state index in [2.05, 4.69) is 156 Å². The summed E-state index contributed by atoms with van der Waals surface area (Å²) in [4.78, 5) is 0. The highest BCUT2D eigenvalue weighted by molar-refractivity contribution is 6.10. The number of nitrogens with zero attached hydrogens (tertiary/aromatic N) is 1. The van der Waals surface area contributed by atoms with Crippen molar-refractivity contribution in [2.45, 2.75) is 0 Å². The summed E-state index contributed by atoms with van der Waals surface area (Å²) >= 11 is 0. The number of rotatable bonds is 4. The topological polar surface area (TPSA) is 4.93 Å². The summed E-state index contributed by atoms with van der Waals surface area (Å²) in [6, 6.07) is 54.4. The van der Waals surface area contributed by atoms with Gasteiger partial charge in [-0.15, -0.1) is 0 Å². The van der Waals surface area contributed by atoms with Crippen LogP contribution in [0.3, 0.4) is 0 Å². The molecule has 1 nitrogen and oxygen atoms in total. The number of hydrogen-bond donors (Lipinski definition) is 0. The van der Waals surface area contributed by atoms with Crippen molar-refractivity contribution in [1.29, 1.82) is 0 Å². The van der Waals surface area contributed by atoms with E-state index >= 15 is 0 Å². The molecule has 1 heterocycles. The standard InChI is InChI=1S/C36H25N/c1-3-10-26(11-4-1)28-18-21-32(22-19-28)37-35-17-8-7-16-33(35)34-23-20-31(25-36(34)37)30-15-9-14-29(24-30)27-12-5-2-6-13-27/h1-25H. The SMILES string of the molecule is c1ccc(-c2ccc(-n3c4ccccc4c4ccc(-c5cccc(-c6ccccc6)c5)cc43)cc2)cc1. The molecular formula is C36H25N. The summed E-state index contributed by atoms with van der Waals surface area (Å²) in [5.41, 5.74) is 11.0. The lowest BCUT2D eigenvalue weighted by Crippen LogP contribution is -1.94. The molecule has 0 saturated heterocycles. The summed E-state index contributed by atoms with van der Waals surface area (Å²) < 4.78 is 2.39. The third-order valence-electron chi connectivity index (χ3n) is 7.21. The van der Waals surface area contributed by atoms with Gasteiger partial charge >= 0.3 is 0 Å². The van der Waals surface area contributed by atoms with Crippen LogP contribution in [-0.2, 0) is 0 Å². The van der Waals surface area contributed by atoms with Crippen molar-refractivity contribution >= 4 is 21.8 Å². The van der Waals surface area contributed by atoms with Crippen LogP contribution in [0.2, 0.25) is 0 Å². The first-order valence-electron chi connectivity index (χ1n) is 12.7. The molecular weight excluding hydrogens is 446 g/mol. The van der Waals surface area contributed by atoms with Gasteiger partial charge in [0.25, 0.3) is 0 Å². The zero-order valence-corrected chi connectivity index (χ0v) is 20.4. The molecule has 7 rings (SSSR count). The van der Waals surface area contributed by atoms with Crippen LogP contribution in [0.25, 0.3) is 60.9 Å². The maximum absolute atomic E-state index is 2.39. The predicted octanol–water partition coefficient (Wildman–Crippen LogP) is 9.78. The first-order chi connectivity index (χ1) is 18.3. The number of hydrogen-bond acceptors (Lipinski definition) is 0. The van der Waals surface area contributed by atoms with Gasteiger partial charge in [0.15, 0.2) is 0 Å². The second kappa shape index (κ2) is 8.96. The molecule has 0 aliphatic heterocycles. The van der Waals surface area contributed by atoms with Gasteiger partial charge in [-0.3, -0.25) is 0 Å². The second-order valence-electron chi connectivity index (χ2n) is 9.44. The molecule has 37 heavy (non-hydrogen) atoms. The second-order valence-corrected chi connectivity index (χ2v) is 9.44. The Bertz CT molecular complexity index is 1840. The Morgan fingerprint density at radius 1 is 0.297 bits per heavy atom. The van der Waals surface area contributed by atoms with Crippen molar-refractivity contribution in [1.82, 2.24) is 4.57 Å². The number of aromatic nitrogens is 1. The van der Waals surface area contributed by atoms with Crippen molar-refractivity contribution in [2.24, 2.45) is 0 Å². The Hall–Kier alpha value is -4.88. The minimum absolute atomic E-state index is 1.17. The van der Waals surface area contributed by atoms with Crippen molar-refractivity contribution < 1.29 is 0 Å². The monoisotopic (exact) mass is 471 g/mol. The Morgan fingerprint density at radius 2 is 0.784 bits per heavy atom. The van der Waals surface area contributed by atoms with Gasteiger partial charge in [-0.05, 0) is 63.7 Å². The third-order valence-corrected chi connectivity index (χ3v) is 7.21. The number of para-hydroxylation sites is 1. The molecule has 1 aromatic heterocycles. The van der Waals surface area contributed by atoms with Crippen molar-refractivity contribution in [3.8, 4) is 39.1 Å². The van der Waals surface area contributed by atoms with E-state index < -0.39 is 0 Å². The molecule has 0 radical (unpaired) electrons. The zero-order chi connectivity index (χ0) is 24.6. The quantitative estimate of drug-likeness (QED) is 0.241. The van der Waals surface area contributed by atoms with Crippen LogP contribution in [-0.4, -0.2) is 4.57 Å². The average molecular weight is 472 g/mol. The average Bonchev–Trinajstić information content (AvgIpc) is 3.32. The van der Waals surface area contributed by atoms with Crippen LogP contribution in [0.5, 0.6) is 0 Å². The first kappa shape index (κ1) is 21.4. The fourth-order valence-electron chi connectivity index (χ4n) is 5.37. The zero-order valence-electron chi connectivity index (χ0n) is 20.4. The molecule has 0 bridgehead atoms. The fraction of sp³-hybridized carbons (Fsp3) is 0. The minimum Gasteiger partial charge on any atom is -0.309 e. The van der Waals surface area contributed by atoms with Crippen molar-refractivity contribution in [3.63, 3.8) is 0 Å². The summed E-state index contributed by atoms with van der Waals surface area (Å²) in [6.07, 6.45) is 0.